The van der Waals surface area contributed by atoms with Crippen molar-refractivity contribution in [3.63, 3.8) is 0 Å². The van der Waals surface area contributed by atoms with Crippen molar-refractivity contribution in [2.75, 3.05) is 0 Å². The molecule has 1 aromatic carbocycles. The quantitative estimate of drug-likeness (QED) is 0.882. The van der Waals surface area contributed by atoms with E-state index in [0.29, 0.717) is 12.0 Å². The predicted molar refractivity (Wildman–Crippen MR) is 69.6 cm³/mol. The standard InChI is InChI=1S/C14H18FN3/c1-2-6-18-7-5-17-14(18)9-11-3-4-12(10-16)13(15)8-11/h3-5,7-8H,2,6,9-10,16H2,1H3. The fourth-order valence-corrected chi connectivity index (χ4v) is 2.00. The summed E-state index contributed by atoms with van der Waals surface area (Å²) in [4.78, 5) is 4.32. The van der Waals surface area contributed by atoms with E-state index in [9.17, 15) is 4.39 Å². The van der Waals surface area contributed by atoms with Gasteiger partial charge in [-0.15, -0.1) is 0 Å². The first-order chi connectivity index (χ1) is 8.74. The van der Waals surface area contributed by atoms with E-state index in [1.807, 2.05) is 12.3 Å². The summed E-state index contributed by atoms with van der Waals surface area (Å²) >= 11 is 0. The second kappa shape index (κ2) is 5.78. The van der Waals surface area contributed by atoms with Crippen LogP contribution in [0.5, 0.6) is 0 Å². The molecule has 0 radical (unpaired) electrons. The molecule has 0 unspecified atom stereocenters. The monoisotopic (exact) mass is 247 g/mol. The van der Waals surface area contributed by atoms with Crippen molar-refractivity contribution in [1.82, 2.24) is 9.55 Å². The van der Waals surface area contributed by atoms with Crippen LogP contribution in [0.1, 0.15) is 30.3 Å². The average molecular weight is 247 g/mol. The molecule has 18 heavy (non-hydrogen) atoms. The fourth-order valence-electron chi connectivity index (χ4n) is 2.00. The molecule has 0 amide bonds. The van der Waals surface area contributed by atoms with Crippen LogP contribution >= 0.6 is 0 Å². The van der Waals surface area contributed by atoms with Crippen molar-refractivity contribution in [1.29, 1.82) is 0 Å². The lowest BCUT2D eigenvalue weighted by Gasteiger charge is -2.07. The van der Waals surface area contributed by atoms with Gasteiger partial charge in [0.15, 0.2) is 0 Å². The van der Waals surface area contributed by atoms with E-state index >= 15 is 0 Å². The van der Waals surface area contributed by atoms with Gasteiger partial charge >= 0.3 is 0 Å². The summed E-state index contributed by atoms with van der Waals surface area (Å²) < 4.78 is 15.7. The minimum atomic E-state index is -0.233. The summed E-state index contributed by atoms with van der Waals surface area (Å²) in [5.41, 5.74) is 6.92. The molecule has 96 valence electrons. The van der Waals surface area contributed by atoms with Gasteiger partial charge in [0.2, 0.25) is 0 Å². The minimum Gasteiger partial charge on any atom is -0.335 e. The Kier molecular flexibility index (Phi) is 4.10. The van der Waals surface area contributed by atoms with E-state index in [1.54, 1.807) is 18.3 Å². The van der Waals surface area contributed by atoms with Gasteiger partial charge in [0, 0.05) is 37.5 Å². The molecule has 0 aliphatic rings. The van der Waals surface area contributed by atoms with Gasteiger partial charge in [-0.2, -0.15) is 0 Å². The Hall–Kier alpha value is -1.68. The lowest BCUT2D eigenvalue weighted by atomic mass is 10.1. The molecule has 0 aliphatic carbocycles. The molecule has 1 aromatic heterocycles. The molecule has 0 saturated carbocycles. The van der Waals surface area contributed by atoms with Crippen LogP contribution in [0.3, 0.4) is 0 Å². The number of hydrogen-bond donors (Lipinski definition) is 1. The van der Waals surface area contributed by atoms with Crippen molar-refractivity contribution in [2.45, 2.75) is 32.9 Å². The summed E-state index contributed by atoms with van der Waals surface area (Å²) in [6.07, 6.45) is 5.46. The van der Waals surface area contributed by atoms with E-state index in [-0.39, 0.29) is 12.4 Å². The van der Waals surface area contributed by atoms with Gasteiger partial charge in [-0.3, -0.25) is 0 Å². The van der Waals surface area contributed by atoms with E-state index in [4.69, 9.17) is 5.73 Å². The van der Waals surface area contributed by atoms with E-state index in [0.717, 1.165) is 24.4 Å². The maximum Gasteiger partial charge on any atom is 0.127 e. The zero-order valence-corrected chi connectivity index (χ0v) is 10.6. The zero-order valence-electron chi connectivity index (χ0n) is 10.6. The largest absolute Gasteiger partial charge is 0.335 e. The number of imidazole rings is 1. The van der Waals surface area contributed by atoms with Crippen LogP contribution in [-0.4, -0.2) is 9.55 Å². The smallest absolute Gasteiger partial charge is 0.127 e. The SMILES string of the molecule is CCCn1ccnc1Cc1ccc(CN)c(F)c1. The molecule has 3 nitrogen and oxygen atoms in total. The van der Waals surface area contributed by atoms with Crippen LogP contribution in [0.25, 0.3) is 0 Å². The predicted octanol–water partition coefficient (Wildman–Crippen LogP) is 2.48. The van der Waals surface area contributed by atoms with E-state index in [2.05, 4.69) is 16.5 Å². The molecule has 1 heterocycles. The number of benzene rings is 1. The number of rotatable bonds is 5. The second-order valence-corrected chi connectivity index (χ2v) is 4.34. The van der Waals surface area contributed by atoms with Crippen molar-refractivity contribution >= 4 is 0 Å². The minimum absolute atomic E-state index is 0.233. The second-order valence-electron chi connectivity index (χ2n) is 4.34. The van der Waals surface area contributed by atoms with Gasteiger partial charge < -0.3 is 10.3 Å². The molecule has 0 spiro atoms. The van der Waals surface area contributed by atoms with Crippen LogP contribution in [0.4, 0.5) is 4.39 Å². The molecule has 2 rings (SSSR count). The van der Waals surface area contributed by atoms with Crippen LogP contribution < -0.4 is 5.73 Å². The van der Waals surface area contributed by atoms with Gasteiger partial charge in [-0.1, -0.05) is 19.1 Å². The van der Waals surface area contributed by atoms with Gasteiger partial charge in [0.05, 0.1) is 0 Å². The number of halogens is 1. The molecule has 0 bridgehead atoms. The molecular weight excluding hydrogens is 229 g/mol. The van der Waals surface area contributed by atoms with Crippen LogP contribution in [-0.2, 0) is 19.5 Å². The fraction of sp³-hybridized carbons (Fsp3) is 0.357. The Morgan fingerprint density at radius 2 is 2.22 bits per heavy atom. The third-order valence-electron chi connectivity index (χ3n) is 2.97. The van der Waals surface area contributed by atoms with Crippen LogP contribution in [0.15, 0.2) is 30.6 Å². The van der Waals surface area contributed by atoms with Gasteiger partial charge in [-0.25, -0.2) is 9.37 Å². The van der Waals surface area contributed by atoms with Crippen LogP contribution in [0.2, 0.25) is 0 Å². The molecule has 0 fully saturated rings. The molecule has 0 aliphatic heterocycles. The van der Waals surface area contributed by atoms with Crippen molar-refractivity contribution in [3.05, 3.63) is 53.4 Å². The third-order valence-corrected chi connectivity index (χ3v) is 2.97. The maximum absolute atomic E-state index is 13.6. The lowest BCUT2D eigenvalue weighted by Crippen LogP contribution is -2.05. The van der Waals surface area contributed by atoms with Crippen molar-refractivity contribution in [3.8, 4) is 0 Å². The molecule has 0 saturated heterocycles. The Bertz CT molecular complexity index is 520. The Morgan fingerprint density at radius 1 is 1.39 bits per heavy atom. The Balaban J connectivity index is 2.18. The highest BCUT2D eigenvalue weighted by Gasteiger charge is 2.06. The van der Waals surface area contributed by atoms with Gasteiger partial charge in [-0.05, 0) is 18.1 Å². The highest BCUT2D eigenvalue weighted by molar-refractivity contribution is 5.26. The van der Waals surface area contributed by atoms with Gasteiger partial charge in [0.25, 0.3) is 0 Å². The Labute approximate surface area is 106 Å². The van der Waals surface area contributed by atoms with E-state index < -0.39 is 0 Å². The van der Waals surface area contributed by atoms with Crippen LogP contribution in [0, 0.1) is 5.82 Å². The molecule has 2 N–H and O–H groups in total. The average Bonchev–Trinajstić information content (AvgIpc) is 2.78. The summed E-state index contributed by atoms with van der Waals surface area (Å²) in [7, 11) is 0. The first-order valence-corrected chi connectivity index (χ1v) is 6.22. The zero-order chi connectivity index (χ0) is 13.0. The normalized spacial score (nSPS) is 10.8. The number of nitrogens with two attached hydrogens (primary N) is 1. The number of hydrogen-bond acceptors (Lipinski definition) is 2. The number of nitrogens with zero attached hydrogens (tertiary/aromatic N) is 2. The molecular formula is C14H18FN3. The molecule has 0 atom stereocenters. The van der Waals surface area contributed by atoms with Gasteiger partial charge in [0.1, 0.15) is 11.6 Å². The summed E-state index contributed by atoms with van der Waals surface area (Å²) in [6, 6.07) is 5.21. The topological polar surface area (TPSA) is 43.8 Å². The lowest BCUT2D eigenvalue weighted by molar-refractivity contribution is 0.607. The highest BCUT2D eigenvalue weighted by atomic mass is 19.1. The summed E-state index contributed by atoms with van der Waals surface area (Å²) in [5.74, 6) is 0.736. The first kappa shape index (κ1) is 12.8. The summed E-state index contributed by atoms with van der Waals surface area (Å²) in [6.45, 7) is 3.30. The maximum atomic E-state index is 13.6. The highest BCUT2D eigenvalue weighted by Crippen LogP contribution is 2.13. The molecule has 2 aromatic rings. The van der Waals surface area contributed by atoms with Crippen molar-refractivity contribution < 1.29 is 4.39 Å². The number of aryl methyl sites for hydroxylation is 1. The van der Waals surface area contributed by atoms with Crippen molar-refractivity contribution in [2.24, 2.45) is 5.73 Å². The summed E-state index contributed by atoms with van der Waals surface area (Å²) in [5, 5.41) is 0. The number of aromatic nitrogens is 2. The Morgan fingerprint density at radius 3 is 2.89 bits per heavy atom. The molecule has 4 heteroatoms. The van der Waals surface area contributed by atoms with E-state index in [1.165, 1.54) is 0 Å². The third kappa shape index (κ3) is 2.76. The first-order valence-electron chi connectivity index (χ1n) is 6.22.